The molecular formula is C20H19O2+. The molecule has 1 unspecified atom stereocenters. The molecule has 0 heterocycles. The van der Waals surface area contributed by atoms with Crippen LogP contribution in [0.4, 0.5) is 0 Å². The molecule has 0 amide bonds. The Morgan fingerprint density at radius 1 is 0.682 bits per heavy atom. The maximum atomic E-state index is 9.58. The third-order valence-electron chi connectivity index (χ3n) is 4.26. The maximum absolute atomic E-state index is 9.58. The molecule has 0 fully saturated rings. The number of hydrogen-bond donors (Lipinski definition) is 1. The van der Waals surface area contributed by atoms with Crippen LogP contribution in [0.2, 0.25) is 0 Å². The third-order valence-corrected chi connectivity index (χ3v) is 4.26. The van der Waals surface area contributed by atoms with Crippen LogP contribution in [0, 0.1) is 0 Å². The van der Waals surface area contributed by atoms with Crippen LogP contribution in [0.1, 0.15) is 23.6 Å². The average Bonchev–Trinajstić information content (AvgIpc) is 2.56. The Hall–Kier alpha value is -2.74. The van der Waals surface area contributed by atoms with Crippen molar-refractivity contribution in [2.75, 3.05) is 0 Å². The van der Waals surface area contributed by atoms with Crippen molar-refractivity contribution in [1.29, 1.82) is 0 Å². The molecule has 0 aliphatic carbocycles. The molecule has 0 radical (unpaired) electrons. The summed E-state index contributed by atoms with van der Waals surface area (Å²) in [5, 5.41) is 17.3. The largest absolute Gasteiger partial charge is 0.593 e. The fraction of sp³-hybridized carbons (Fsp3) is 0.100. The first-order chi connectivity index (χ1) is 10.6. The molecule has 3 rings (SSSR count). The Morgan fingerprint density at radius 2 is 1.14 bits per heavy atom. The van der Waals surface area contributed by atoms with E-state index in [4.69, 9.17) is 5.11 Å². The number of phenolic OH excluding ortho intramolecular Hbond substituents is 1. The molecule has 2 nitrogen and oxygen atoms in total. The van der Waals surface area contributed by atoms with Gasteiger partial charge in [-0.2, -0.15) is 0 Å². The topological polar surface area (TPSA) is 43.1 Å². The highest BCUT2D eigenvalue weighted by Gasteiger charge is 2.31. The van der Waals surface area contributed by atoms with Crippen LogP contribution >= 0.6 is 0 Å². The molecule has 1 atom stereocenters. The van der Waals surface area contributed by atoms with Crippen LogP contribution in [0.3, 0.4) is 0 Å². The average molecular weight is 291 g/mol. The van der Waals surface area contributed by atoms with E-state index in [0.717, 1.165) is 11.1 Å². The number of aromatic hydroxyl groups is 1. The molecule has 0 aliphatic rings. The Morgan fingerprint density at radius 3 is 1.68 bits per heavy atom. The first-order valence-corrected chi connectivity index (χ1v) is 7.28. The highest BCUT2D eigenvalue weighted by molar-refractivity contribution is 5.50. The zero-order valence-corrected chi connectivity index (χ0v) is 12.5. The highest BCUT2D eigenvalue weighted by Crippen LogP contribution is 2.39. The van der Waals surface area contributed by atoms with Crippen LogP contribution in [0.15, 0.2) is 78.9 Å². The summed E-state index contributed by atoms with van der Waals surface area (Å²) < 4.78 is 0. The third kappa shape index (κ3) is 2.44. The molecular weight excluding hydrogens is 272 g/mol. The van der Waals surface area contributed by atoms with E-state index in [1.807, 2.05) is 54.6 Å². The van der Waals surface area contributed by atoms with E-state index in [-0.39, 0.29) is 11.2 Å². The summed E-state index contributed by atoms with van der Waals surface area (Å²) in [5.41, 5.74) is 3.08. The first kappa shape index (κ1) is 14.2. The van der Waals surface area contributed by atoms with Gasteiger partial charge in [0.15, 0.2) is 0 Å². The number of rotatable bonds is 3. The molecule has 3 N–H and O–H groups in total. The lowest BCUT2D eigenvalue weighted by molar-refractivity contribution is 0.474. The maximum Gasteiger partial charge on any atom is 0.253 e. The quantitative estimate of drug-likeness (QED) is 0.571. The van der Waals surface area contributed by atoms with Gasteiger partial charge < -0.3 is 10.2 Å². The van der Waals surface area contributed by atoms with Crippen molar-refractivity contribution in [3.63, 3.8) is 0 Å². The van der Waals surface area contributed by atoms with Gasteiger partial charge in [0, 0.05) is 17.5 Å². The van der Waals surface area contributed by atoms with E-state index >= 15 is 0 Å². The Labute approximate surface area is 130 Å². The molecule has 0 saturated heterocycles. The zero-order chi connectivity index (χ0) is 15.6. The molecule has 0 bridgehead atoms. The summed E-state index contributed by atoms with van der Waals surface area (Å²) in [6, 6.07) is 25.3. The van der Waals surface area contributed by atoms with Gasteiger partial charge in [-0.15, -0.1) is 0 Å². The lowest BCUT2D eigenvalue weighted by atomic mass is 9.71. The van der Waals surface area contributed by atoms with Crippen LogP contribution in [0.25, 0.3) is 0 Å². The van der Waals surface area contributed by atoms with E-state index < -0.39 is 0 Å². The van der Waals surface area contributed by atoms with Crippen LogP contribution < -0.4 is 0 Å². The zero-order valence-electron chi connectivity index (χ0n) is 12.5. The standard InChI is InChI=1S/C20H18O2/c1-20(15-5-3-2-4-6-15,16-7-11-18(21)12-8-16)17-9-13-19(22)14-10-17/h2-14,21-22H,1H3/p+1. The van der Waals surface area contributed by atoms with Gasteiger partial charge in [0.25, 0.3) is 5.75 Å². The first-order valence-electron chi connectivity index (χ1n) is 7.28. The molecule has 3 aromatic carbocycles. The van der Waals surface area contributed by atoms with Gasteiger partial charge in [-0.25, -0.2) is 0 Å². The van der Waals surface area contributed by atoms with Gasteiger partial charge in [0.05, 0.1) is 0 Å². The second kappa shape index (κ2) is 5.57. The van der Waals surface area contributed by atoms with E-state index in [9.17, 15) is 5.11 Å². The van der Waals surface area contributed by atoms with Gasteiger partial charge in [-0.05, 0) is 47.9 Å². The van der Waals surface area contributed by atoms with Crippen molar-refractivity contribution in [3.8, 4) is 11.5 Å². The summed E-state index contributed by atoms with van der Waals surface area (Å²) in [6.07, 6.45) is 0. The summed E-state index contributed by atoms with van der Waals surface area (Å²) in [4.78, 5) is 0. The molecule has 0 saturated carbocycles. The summed E-state index contributed by atoms with van der Waals surface area (Å²) in [6.45, 7) is 2.17. The predicted molar refractivity (Wildman–Crippen MR) is 89.6 cm³/mol. The minimum Gasteiger partial charge on any atom is -0.593 e. The molecule has 110 valence electrons. The number of benzene rings is 3. The van der Waals surface area contributed by atoms with Gasteiger partial charge in [-0.3, -0.25) is 0 Å². The molecule has 2 heteroatoms. The van der Waals surface area contributed by atoms with Gasteiger partial charge in [0.1, 0.15) is 5.75 Å². The van der Waals surface area contributed by atoms with Crippen molar-refractivity contribution in [2.45, 2.75) is 12.3 Å². The van der Waals surface area contributed by atoms with Gasteiger partial charge >= 0.3 is 0 Å². The van der Waals surface area contributed by atoms with Crippen LogP contribution in [0.5, 0.6) is 11.5 Å². The number of hydrogen-bond acceptors (Lipinski definition) is 1. The summed E-state index contributed by atoms with van der Waals surface area (Å²) >= 11 is 0. The molecule has 0 aliphatic heterocycles. The van der Waals surface area contributed by atoms with E-state index in [1.165, 1.54) is 5.56 Å². The van der Waals surface area contributed by atoms with E-state index in [0.29, 0.717) is 5.75 Å². The van der Waals surface area contributed by atoms with E-state index in [2.05, 4.69) is 19.1 Å². The van der Waals surface area contributed by atoms with Crippen molar-refractivity contribution in [1.82, 2.24) is 0 Å². The van der Waals surface area contributed by atoms with Crippen molar-refractivity contribution in [2.24, 2.45) is 0 Å². The molecule has 0 spiro atoms. The Bertz CT molecular complexity index is 698. The number of phenols is 1. The molecule has 3 aromatic rings. The van der Waals surface area contributed by atoms with Crippen molar-refractivity contribution >= 4 is 0 Å². The predicted octanol–water partition coefficient (Wildman–Crippen LogP) is 4.18. The van der Waals surface area contributed by atoms with Crippen molar-refractivity contribution in [3.05, 3.63) is 95.6 Å². The second-order valence-corrected chi connectivity index (χ2v) is 5.62. The monoisotopic (exact) mass is 291 g/mol. The fourth-order valence-electron chi connectivity index (χ4n) is 2.87. The van der Waals surface area contributed by atoms with Crippen molar-refractivity contribution < 1.29 is 10.2 Å². The van der Waals surface area contributed by atoms with E-state index in [1.54, 1.807) is 12.1 Å². The van der Waals surface area contributed by atoms with Gasteiger partial charge in [-0.1, -0.05) is 42.5 Å². The minimum absolute atomic E-state index is 0.265. The Balaban J connectivity index is 2.22. The minimum atomic E-state index is -0.331. The van der Waals surface area contributed by atoms with Gasteiger partial charge in [0.2, 0.25) is 0 Å². The normalized spacial score (nSPS) is 13.5. The summed E-state index contributed by atoms with van der Waals surface area (Å²) in [7, 11) is 0. The molecule has 22 heavy (non-hydrogen) atoms. The second-order valence-electron chi connectivity index (χ2n) is 5.62. The molecule has 0 aromatic heterocycles. The van der Waals surface area contributed by atoms with Crippen LogP contribution in [-0.2, 0) is 5.41 Å². The SMILES string of the molecule is CC(c1ccccc1)(c1ccc(O)cc1)c1ccc([OH2+])cc1. The fourth-order valence-corrected chi connectivity index (χ4v) is 2.87. The lowest BCUT2D eigenvalue weighted by Crippen LogP contribution is -2.25. The lowest BCUT2D eigenvalue weighted by Gasteiger charge is -2.31. The summed E-state index contributed by atoms with van der Waals surface area (Å²) in [5.74, 6) is 0.769. The Kier molecular flexibility index (Phi) is 3.60. The highest BCUT2D eigenvalue weighted by atomic mass is 16.3. The van der Waals surface area contributed by atoms with Crippen LogP contribution in [-0.4, -0.2) is 10.2 Å². The smallest absolute Gasteiger partial charge is 0.253 e.